The summed E-state index contributed by atoms with van der Waals surface area (Å²) < 4.78 is 29.2. The van der Waals surface area contributed by atoms with Gasteiger partial charge in [0, 0.05) is 30.8 Å². The summed E-state index contributed by atoms with van der Waals surface area (Å²) in [6.07, 6.45) is 0.464. The van der Waals surface area contributed by atoms with Gasteiger partial charge in [-0.2, -0.15) is 0 Å². The summed E-state index contributed by atoms with van der Waals surface area (Å²) >= 11 is 0. The molecule has 7 nitrogen and oxygen atoms in total. The number of amides is 2. The van der Waals surface area contributed by atoms with E-state index < -0.39 is 6.10 Å². The molecule has 0 bridgehead atoms. The van der Waals surface area contributed by atoms with Gasteiger partial charge in [0.15, 0.2) is 17.6 Å². The molecule has 158 valence electrons. The molecule has 2 aliphatic heterocycles. The lowest BCUT2D eigenvalue weighted by atomic mass is 9.95. The van der Waals surface area contributed by atoms with E-state index in [1.165, 1.54) is 24.3 Å². The lowest BCUT2D eigenvalue weighted by molar-refractivity contribution is -0.140. The summed E-state index contributed by atoms with van der Waals surface area (Å²) in [5, 5.41) is 2.91. The van der Waals surface area contributed by atoms with Gasteiger partial charge in [-0.15, -0.1) is 0 Å². The van der Waals surface area contributed by atoms with Crippen molar-refractivity contribution in [3.8, 4) is 17.2 Å². The van der Waals surface area contributed by atoms with E-state index in [-0.39, 0.29) is 30.3 Å². The van der Waals surface area contributed by atoms with Gasteiger partial charge in [0.2, 0.25) is 12.7 Å². The van der Waals surface area contributed by atoms with Crippen molar-refractivity contribution in [3.63, 3.8) is 0 Å². The second-order valence-electron chi connectivity index (χ2n) is 7.37. The molecule has 0 radical (unpaired) electrons. The lowest BCUT2D eigenvalue weighted by Crippen LogP contribution is -2.46. The molecular weight excluding hydrogens is 391 g/mol. The molecule has 0 aliphatic carbocycles. The highest BCUT2D eigenvalue weighted by molar-refractivity contribution is 5.93. The summed E-state index contributed by atoms with van der Waals surface area (Å²) in [6, 6.07) is 10.8. The van der Waals surface area contributed by atoms with E-state index in [2.05, 4.69) is 5.32 Å². The quantitative estimate of drug-likeness (QED) is 0.813. The van der Waals surface area contributed by atoms with Crippen molar-refractivity contribution in [2.24, 2.45) is 5.92 Å². The molecule has 0 aromatic heterocycles. The molecule has 1 saturated heterocycles. The van der Waals surface area contributed by atoms with Crippen LogP contribution in [-0.4, -0.2) is 42.7 Å². The van der Waals surface area contributed by atoms with E-state index in [1.54, 1.807) is 30.0 Å². The van der Waals surface area contributed by atoms with Crippen molar-refractivity contribution in [1.82, 2.24) is 4.90 Å². The van der Waals surface area contributed by atoms with Crippen LogP contribution in [0.2, 0.25) is 0 Å². The van der Waals surface area contributed by atoms with Gasteiger partial charge in [0.05, 0.1) is 0 Å². The first-order chi connectivity index (χ1) is 14.5. The van der Waals surface area contributed by atoms with Crippen LogP contribution < -0.4 is 19.5 Å². The average molecular weight is 414 g/mol. The van der Waals surface area contributed by atoms with Crippen molar-refractivity contribution in [2.45, 2.75) is 25.9 Å². The molecule has 4 rings (SSSR count). The van der Waals surface area contributed by atoms with Gasteiger partial charge in [0.1, 0.15) is 11.6 Å². The normalized spacial score (nSPS) is 16.8. The van der Waals surface area contributed by atoms with Crippen LogP contribution in [0.3, 0.4) is 0 Å². The molecule has 8 heteroatoms. The van der Waals surface area contributed by atoms with Crippen molar-refractivity contribution < 1.29 is 28.2 Å². The Hall–Kier alpha value is -3.29. The smallest absolute Gasteiger partial charge is 0.263 e. The number of carbonyl (C=O) groups is 2. The monoisotopic (exact) mass is 414 g/mol. The minimum Gasteiger partial charge on any atom is -0.481 e. The molecule has 2 heterocycles. The molecule has 0 spiro atoms. The number of hydrogen-bond acceptors (Lipinski definition) is 5. The van der Waals surface area contributed by atoms with Crippen molar-refractivity contribution in [2.75, 3.05) is 25.2 Å². The lowest BCUT2D eigenvalue weighted by Gasteiger charge is -2.33. The van der Waals surface area contributed by atoms with Crippen molar-refractivity contribution >= 4 is 17.5 Å². The molecule has 0 saturated carbocycles. The molecule has 2 amide bonds. The fourth-order valence-corrected chi connectivity index (χ4v) is 3.61. The number of ether oxygens (including phenoxy) is 3. The highest BCUT2D eigenvalue weighted by Crippen LogP contribution is 2.34. The zero-order valence-corrected chi connectivity index (χ0v) is 16.6. The summed E-state index contributed by atoms with van der Waals surface area (Å²) in [5.74, 6) is 0.969. The Morgan fingerprint density at radius 3 is 2.53 bits per heavy atom. The zero-order chi connectivity index (χ0) is 21.1. The number of carbonyl (C=O) groups excluding carboxylic acids is 2. The Balaban J connectivity index is 1.27. The Labute approximate surface area is 173 Å². The van der Waals surface area contributed by atoms with Gasteiger partial charge in [-0.1, -0.05) is 0 Å². The predicted octanol–water partition coefficient (Wildman–Crippen LogP) is 3.20. The molecule has 1 atom stereocenters. The van der Waals surface area contributed by atoms with Crippen molar-refractivity contribution in [1.29, 1.82) is 0 Å². The minimum atomic E-state index is -0.686. The maximum Gasteiger partial charge on any atom is 0.263 e. The molecule has 1 N–H and O–H groups in total. The fraction of sp³-hybridized carbons (Fsp3) is 0.364. The first-order valence-corrected chi connectivity index (χ1v) is 9.91. The van der Waals surface area contributed by atoms with E-state index in [0.717, 1.165) is 0 Å². The van der Waals surface area contributed by atoms with Gasteiger partial charge >= 0.3 is 0 Å². The molecule has 2 aromatic rings. The Morgan fingerprint density at radius 2 is 1.80 bits per heavy atom. The third-order valence-electron chi connectivity index (χ3n) is 5.29. The number of hydrogen-bond donors (Lipinski definition) is 1. The van der Waals surface area contributed by atoms with Gasteiger partial charge in [-0.05, 0) is 56.2 Å². The van der Waals surface area contributed by atoms with E-state index in [1.807, 2.05) is 0 Å². The third kappa shape index (κ3) is 4.48. The number of fused-ring (bicyclic) bond motifs is 1. The van der Waals surface area contributed by atoms with E-state index >= 15 is 0 Å². The molecule has 2 aliphatic rings. The van der Waals surface area contributed by atoms with Crippen LogP contribution in [0, 0.1) is 11.7 Å². The van der Waals surface area contributed by atoms with Gasteiger partial charge < -0.3 is 24.4 Å². The molecule has 2 aromatic carbocycles. The summed E-state index contributed by atoms with van der Waals surface area (Å²) in [5.41, 5.74) is 0.657. The number of likely N-dealkylation sites (tertiary alicyclic amines) is 1. The molecule has 0 unspecified atom stereocenters. The number of halogens is 1. The fourth-order valence-electron chi connectivity index (χ4n) is 3.61. The molecular formula is C22H23FN2O5. The van der Waals surface area contributed by atoms with Gasteiger partial charge in [-0.25, -0.2) is 4.39 Å². The number of nitrogens with one attached hydrogen (secondary N) is 1. The Morgan fingerprint density at radius 1 is 1.10 bits per heavy atom. The molecule has 1 fully saturated rings. The average Bonchev–Trinajstić information content (AvgIpc) is 3.23. The number of benzene rings is 2. The van der Waals surface area contributed by atoms with Crippen LogP contribution in [-0.2, 0) is 9.59 Å². The Kier molecular flexibility index (Phi) is 5.74. The summed E-state index contributed by atoms with van der Waals surface area (Å²) in [4.78, 5) is 27.0. The van der Waals surface area contributed by atoms with Crippen LogP contribution >= 0.6 is 0 Å². The predicted molar refractivity (Wildman–Crippen MR) is 107 cm³/mol. The maximum atomic E-state index is 13.0. The number of nitrogens with zero attached hydrogens (tertiary/aromatic N) is 1. The van der Waals surface area contributed by atoms with Crippen LogP contribution in [0.1, 0.15) is 19.8 Å². The first-order valence-electron chi connectivity index (χ1n) is 9.91. The van der Waals surface area contributed by atoms with Crippen LogP contribution in [0.25, 0.3) is 0 Å². The highest BCUT2D eigenvalue weighted by Gasteiger charge is 2.30. The standard InChI is InChI=1S/C22H23FN2O5/c1-14(30-18-5-2-16(23)3-6-18)22(27)25-10-8-15(9-11-25)21(26)24-17-4-7-19-20(12-17)29-13-28-19/h2-7,12,14-15H,8-11,13H2,1H3,(H,24,26)/t14-/m1/s1. The third-order valence-corrected chi connectivity index (χ3v) is 5.29. The van der Waals surface area contributed by atoms with Crippen LogP contribution in [0.4, 0.5) is 10.1 Å². The van der Waals surface area contributed by atoms with Gasteiger partial charge in [-0.3, -0.25) is 9.59 Å². The van der Waals surface area contributed by atoms with E-state index in [0.29, 0.717) is 48.9 Å². The topological polar surface area (TPSA) is 77.1 Å². The van der Waals surface area contributed by atoms with E-state index in [9.17, 15) is 14.0 Å². The second-order valence-corrected chi connectivity index (χ2v) is 7.37. The molecule has 30 heavy (non-hydrogen) atoms. The maximum absolute atomic E-state index is 13.0. The Bertz CT molecular complexity index is 926. The number of anilines is 1. The minimum absolute atomic E-state index is 0.0726. The van der Waals surface area contributed by atoms with Crippen molar-refractivity contribution in [3.05, 3.63) is 48.3 Å². The summed E-state index contributed by atoms with van der Waals surface area (Å²) in [7, 11) is 0. The van der Waals surface area contributed by atoms with Crippen LogP contribution in [0.15, 0.2) is 42.5 Å². The van der Waals surface area contributed by atoms with E-state index in [4.69, 9.17) is 14.2 Å². The number of rotatable bonds is 5. The number of piperidine rings is 1. The van der Waals surface area contributed by atoms with Gasteiger partial charge in [0.25, 0.3) is 5.91 Å². The highest BCUT2D eigenvalue weighted by atomic mass is 19.1. The first kappa shape index (κ1) is 20.0. The zero-order valence-electron chi connectivity index (χ0n) is 16.6. The largest absolute Gasteiger partial charge is 0.481 e. The summed E-state index contributed by atoms with van der Waals surface area (Å²) in [6.45, 7) is 2.82. The SMILES string of the molecule is C[C@@H](Oc1ccc(F)cc1)C(=O)N1CCC(C(=O)Nc2ccc3c(c2)OCO3)CC1. The second kappa shape index (κ2) is 8.61. The van der Waals surface area contributed by atoms with Crippen LogP contribution in [0.5, 0.6) is 17.2 Å².